The van der Waals surface area contributed by atoms with E-state index in [1.807, 2.05) is 35.0 Å². The van der Waals surface area contributed by atoms with Gasteiger partial charge in [-0.05, 0) is 59.0 Å². The molecule has 0 saturated heterocycles. The van der Waals surface area contributed by atoms with E-state index >= 15 is 0 Å². The Hall–Kier alpha value is -4.12. The Kier molecular flexibility index (Phi) is 8.01. The van der Waals surface area contributed by atoms with Crippen LogP contribution in [0.3, 0.4) is 0 Å². The number of hydrogen-bond donors (Lipinski definition) is 1. The molecule has 3 heterocycles. The van der Waals surface area contributed by atoms with Crippen molar-refractivity contribution in [2.45, 2.75) is 71.1 Å². The molecule has 2 aromatic carbocycles. The van der Waals surface area contributed by atoms with Crippen molar-refractivity contribution in [3.63, 3.8) is 0 Å². The van der Waals surface area contributed by atoms with Gasteiger partial charge in [-0.15, -0.1) is 5.10 Å². The molecule has 0 amide bonds. The molecule has 1 saturated carbocycles. The fourth-order valence-corrected chi connectivity index (χ4v) is 6.30. The summed E-state index contributed by atoms with van der Waals surface area (Å²) in [6, 6.07) is 11.7. The normalized spacial score (nSPS) is 16.0. The Morgan fingerprint density at radius 3 is 2.52 bits per heavy atom. The van der Waals surface area contributed by atoms with Gasteiger partial charge in [0.15, 0.2) is 28.8 Å². The summed E-state index contributed by atoms with van der Waals surface area (Å²) in [6.45, 7) is 5.51. The lowest BCUT2D eigenvalue weighted by Gasteiger charge is -2.35. The van der Waals surface area contributed by atoms with Crippen molar-refractivity contribution in [3.05, 3.63) is 63.7 Å². The Labute approximate surface area is 244 Å². The molecule has 11 nitrogen and oxygen atoms in total. The number of fused-ring (bicyclic) bond motifs is 2. The minimum atomic E-state index is -0.153. The van der Waals surface area contributed by atoms with Crippen LogP contribution in [-0.2, 0) is 13.1 Å². The number of benzene rings is 2. The maximum atomic E-state index is 13.5. The van der Waals surface area contributed by atoms with Crippen LogP contribution in [0.1, 0.15) is 75.0 Å². The molecular formula is C31H38N6O5. The standard InChI is InChI=1S/C31H38N6O5/c1-19(2)29(30-33-34-35-37(30)23-8-6-5-7-9-23)36(16-20-10-11-25-28(12-20)42-18-41-25)17-22-13-21-14-26(39-3)27(40-4)15-24(21)32-31(22)38/h10-15,19,23,29H,5-9,16-18H2,1-4H3,(H,32,38). The number of ether oxygens (including phenoxy) is 4. The summed E-state index contributed by atoms with van der Waals surface area (Å²) in [7, 11) is 3.18. The van der Waals surface area contributed by atoms with Gasteiger partial charge in [-0.2, -0.15) is 0 Å². The summed E-state index contributed by atoms with van der Waals surface area (Å²) >= 11 is 0. The second-order valence-corrected chi connectivity index (χ2v) is 11.5. The first-order valence-electron chi connectivity index (χ1n) is 14.6. The van der Waals surface area contributed by atoms with Gasteiger partial charge in [0, 0.05) is 30.1 Å². The molecule has 2 aromatic heterocycles. The molecule has 1 unspecified atom stereocenters. The average Bonchev–Trinajstić information content (AvgIpc) is 3.67. The largest absolute Gasteiger partial charge is 0.493 e. The van der Waals surface area contributed by atoms with E-state index in [1.54, 1.807) is 20.3 Å². The second kappa shape index (κ2) is 12.0. The molecule has 6 rings (SSSR count). The molecule has 2 aliphatic rings. The smallest absolute Gasteiger partial charge is 0.252 e. The Bertz CT molecular complexity index is 1610. The monoisotopic (exact) mass is 574 g/mol. The molecule has 1 N–H and O–H groups in total. The van der Waals surface area contributed by atoms with Crippen molar-refractivity contribution in [2.75, 3.05) is 21.0 Å². The predicted molar refractivity (Wildman–Crippen MR) is 157 cm³/mol. The first-order valence-corrected chi connectivity index (χ1v) is 14.6. The third kappa shape index (κ3) is 5.53. The highest BCUT2D eigenvalue weighted by atomic mass is 16.7. The summed E-state index contributed by atoms with van der Waals surface area (Å²) in [5.41, 5.74) is 2.22. The Morgan fingerprint density at radius 2 is 1.76 bits per heavy atom. The zero-order chi connectivity index (χ0) is 29.2. The van der Waals surface area contributed by atoms with Crippen molar-refractivity contribution in [2.24, 2.45) is 5.92 Å². The minimum Gasteiger partial charge on any atom is -0.493 e. The topological polar surface area (TPSA) is 117 Å². The highest BCUT2D eigenvalue weighted by Crippen LogP contribution is 2.37. The number of methoxy groups -OCH3 is 2. The zero-order valence-electron chi connectivity index (χ0n) is 24.6. The summed E-state index contributed by atoms with van der Waals surface area (Å²) in [5, 5.41) is 14.1. The average molecular weight is 575 g/mol. The molecule has 1 atom stereocenters. The van der Waals surface area contributed by atoms with Crippen LogP contribution in [0.15, 0.2) is 41.2 Å². The number of pyridine rings is 1. The van der Waals surface area contributed by atoms with Crippen LogP contribution in [0, 0.1) is 5.92 Å². The maximum Gasteiger partial charge on any atom is 0.252 e. The van der Waals surface area contributed by atoms with Gasteiger partial charge in [0.1, 0.15) is 0 Å². The van der Waals surface area contributed by atoms with Gasteiger partial charge in [0.05, 0.1) is 31.8 Å². The molecule has 0 spiro atoms. The van der Waals surface area contributed by atoms with Crippen LogP contribution in [0.4, 0.5) is 0 Å². The predicted octanol–water partition coefficient (Wildman–Crippen LogP) is 5.17. The van der Waals surface area contributed by atoms with Crippen molar-refractivity contribution in [1.82, 2.24) is 30.1 Å². The highest BCUT2D eigenvalue weighted by molar-refractivity contribution is 5.83. The van der Waals surface area contributed by atoms with Crippen LogP contribution >= 0.6 is 0 Å². The second-order valence-electron chi connectivity index (χ2n) is 11.5. The maximum absolute atomic E-state index is 13.5. The molecule has 1 fully saturated rings. The van der Waals surface area contributed by atoms with E-state index in [0.29, 0.717) is 35.7 Å². The molecule has 4 aromatic rings. The zero-order valence-corrected chi connectivity index (χ0v) is 24.6. The summed E-state index contributed by atoms with van der Waals surface area (Å²) in [5.74, 6) is 3.63. The summed E-state index contributed by atoms with van der Waals surface area (Å²) in [4.78, 5) is 18.8. The van der Waals surface area contributed by atoms with E-state index in [-0.39, 0.29) is 30.4 Å². The van der Waals surface area contributed by atoms with Crippen LogP contribution < -0.4 is 24.5 Å². The number of hydrogen-bond acceptors (Lipinski definition) is 9. The molecule has 0 bridgehead atoms. The van der Waals surface area contributed by atoms with E-state index in [0.717, 1.165) is 41.1 Å². The van der Waals surface area contributed by atoms with Crippen molar-refractivity contribution >= 4 is 10.9 Å². The van der Waals surface area contributed by atoms with Gasteiger partial charge in [-0.25, -0.2) is 4.68 Å². The molecule has 0 radical (unpaired) electrons. The fourth-order valence-electron chi connectivity index (χ4n) is 6.30. The first kappa shape index (κ1) is 28.0. The lowest BCUT2D eigenvalue weighted by molar-refractivity contribution is 0.121. The van der Waals surface area contributed by atoms with E-state index in [9.17, 15) is 4.79 Å². The Balaban J connectivity index is 1.41. The van der Waals surface area contributed by atoms with E-state index < -0.39 is 0 Å². The van der Waals surface area contributed by atoms with E-state index in [2.05, 4.69) is 39.3 Å². The lowest BCUT2D eigenvalue weighted by Crippen LogP contribution is -2.36. The number of nitrogens with zero attached hydrogens (tertiary/aromatic N) is 5. The number of tetrazole rings is 1. The van der Waals surface area contributed by atoms with E-state index in [1.165, 1.54) is 19.3 Å². The van der Waals surface area contributed by atoms with Gasteiger partial charge >= 0.3 is 0 Å². The third-order valence-corrected chi connectivity index (χ3v) is 8.35. The minimum absolute atomic E-state index is 0.146. The molecule has 42 heavy (non-hydrogen) atoms. The van der Waals surface area contributed by atoms with Gasteiger partial charge in [0.2, 0.25) is 6.79 Å². The van der Waals surface area contributed by atoms with Crippen LogP contribution in [0.5, 0.6) is 23.0 Å². The van der Waals surface area contributed by atoms with Crippen molar-refractivity contribution in [3.8, 4) is 23.0 Å². The molecular weight excluding hydrogens is 536 g/mol. The van der Waals surface area contributed by atoms with Gasteiger partial charge in [-0.3, -0.25) is 9.69 Å². The van der Waals surface area contributed by atoms with Gasteiger partial charge < -0.3 is 23.9 Å². The number of aromatic amines is 1. The van der Waals surface area contributed by atoms with Crippen molar-refractivity contribution < 1.29 is 18.9 Å². The number of rotatable bonds is 10. The van der Waals surface area contributed by atoms with Crippen molar-refractivity contribution in [1.29, 1.82) is 0 Å². The molecule has 1 aliphatic carbocycles. The molecule has 1 aliphatic heterocycles. The first-order chi connectivity index (χ1) is 20.4. The highest BCUT2D eigenvalue weighted by Gasteiger charge is 2.33. The Morgan fingerprint density at radius 1 is 1.00 bits per heavy atom. The summed E-state index contributed by atoms with van der Waals surface area (Å²) in [6.07, 6.45) is 5.75. The number of nitrogens with one attached hydrogen (secondary N) is 1. The summed E-state index contributed by atoms with van der Waals surface area (Å²) < 4.78 is 24.2. The fraction of sp³-hybridized carbons (Fsp3) is 0.484. The van der Waals surface area contributed by atoms with E-state index in [4.69, 9.17) is 18.9 Å². The number of aromatic nitrogens is 5. The molecule has 11 heteroatoms. The molecule has 222 valence electrons. The van der Waals surface area contributed by atoms with Gasteiger partial charge in [0.25, 0.3) is 5.56 Å². The lowest BCUT2D eigenvalue weighted by atomic mass is 9.94. The van der Waals surface area contributed by atoms with Gasteiger partial charge in [-0.1, -0.05) is 39.2 Å². The van der Waals surface area contributed by atoms with Crippen LogP contribution in [0.2, 0.25) is 0 Å². The van der Waals surface area contributed by atoms with Crippen LogP contribution in [0.25, 0.3) is 10.9 Å². The third-order valence-electron chi connectivity index (χ3n) is 8.35. The SMILES string of the molecule is COc1cc2cc(CN(Cc3ccc4c(c3)OCO4)C(c3nnnn3C3CCCCC3)C(C)C)c(=O)[nH]c2cc1OC. The quantitative estimate of drug-likeness (QED) is 0.274. The number of H-pyrrole nitrogens is 1. The van der Waals surface area contributed by atoms with Crippen LogP contribution in [-0.4, -0.2) is 51.1 Å².